The number of nitrogens with zero attached hydrogens (tertiary/aromatic N) is 3. The van der Waals surface area contributed by atoms with Gasteiger partial charge in [-0.3, -0.25) is 9.48 Å². The molecule has 2 rings (SSSR count). The van der Waals surface area contributed by atoms with Crippen LogP contribution >= 0.6 is 12.9 Å². The molecule has 0 spiro atoms. The zero-order chi connectivity index (χ0) is 11.5. The number of thiol groups is 1. The standard InChI is InChI=1S/C9H14N4O2S/c1-12-3-2-4-13-7(6-12)5-8(10-13)9(14)11-15-16/h5,16H,2-4,6H2,1H3,(H,11,14). The van der Waals surface area contributed by atoms with Gasteiger partial charge in [-0.05, 0) is 19.5 Å². The molecule has 1 amide bonds. The molecule has 0 saturated carbocycles. The minimum Gasteiger partial charge on any atom is -0.300 e. The normalized spacial score (nSPS) is 16.6. The topological polar surface area (TPSA) is 59.4 Å². The molecule has 1 aromatic rings. The van der Waals surface area contributed by atoms with Crippen molar-refractivity contribution in [2.75, 3.05) is 13.6 Å². The first-order valence-electron chi connectivity index (χ1n) is 5.06. The van der Waals surface area contributed by atoms with Crippen LogP contribution in [0.1, 0.15) is 22.6 Å². The molecule has 88 valence electrons. The Labute approximate surface area is 99.1 Å². The van der Waals surface area contributed by atoms with Crippen molar-refractivity contribution in [2.45, 2.75) is 19.5 Å². The van der Waals surface area contributed by atoms with E-state index in [1.165, 1.54) is 0 Å². The van der Waals surface area contributed by atoms with Gasteiger partial charge in [0, 0.05) is 32.5 Å². The Morgan fingerprint density at radius 2 is 2.44 bits per heavy atom. The lowest BCUT2D eigenvalue weighted by atomic mass is 10.3. The molecular weight excluding hydrogens is 228 g/mol. The van der Waals surface area contributed by atoms with E-state index in [0.717, 1.165) is 31.7 Å². The maximum Gasteiger partial charge on any atom is 0.296 e. The summed E-state index contributed by atoms with van der Waals surface area (Å²) in [5, 5.41) is 4.23. The van der Waals surface area contributed by atoms with Gasteiger partial charge >= 0.3 is 0 Å². The highest BCUT2D eigenvalue weighted by molar-refractivity contribution is 7.75. The number of aromatic nitrogens is 2. The van der Waals surface area contributed by atoms with Gasteiger partial charge in [0.15, 0.2) is 5.69 Å². The predicted octanol–water partition coefficient (Wildman–Crippen LogP) is 0.225. The summed E-state index contributed by atoms with van der Waals surface area (Å²) in [6.45, 7) is 2.70. The minimum atomic E-state index is -0.377. The molecule has 1 N–H and O–H groups in total. The molecule has 0 atom stereocenters. The molecule has 16 heavy (non-hydrogen) atoms. The minimum absolute atomic E-state index is 0.361. The van der Waals surface area contributed by atoms with E-state index in [-0.39, 0.29) is 5.91 Å². The van der Waals surface area contributed by atoms with Crippen LogP contribution in [0.15, 0.2) is 6.07 Å². The van der Waals surface area contributed by atoms with Gasteiger partial charge in [0.1, 0.15) is 0 Å². The molecule has 0 fully saturated rings. The Kier molecular flexibility index (Phi) is 3.47. The number of amides is 1. The Balaban J connectivity index is 2.19. The Bertz CT molecular complexity index is 393. The van der Waals surface area contributed by atoms with Crippen molar-refractivity contribution in [3.8, 4) is 0 Å². The van der Waals surface area contributed by atoms with Crippen molar-refractivity contribution in [3.63, 3.8) is 0 Å². The highest BCUT2D eigenvalue weighted by atomic mass is 32.1. The number of hydrogen-bond donors (Lipinski definition) is 2. The van der Waals surface area contributed by atoms with Crippen LogP contribution in [0.3, 0.4) is 0 Å². The van der Waals surface area contributed by atoms with E-state index in [2.05, 4.69) is 39.7 Å². The highest BCUT2D eigenvalue weighted by Crippen LogP contribution is 2.12. The summed E-state index contributed by atoms with van der Waals surface area (Å²) in [5.41, 5.74) is 3.54. The van der Waals surface area contributed by atoms with Gasteiger partial charge in [0.05, 0.1) is 5.69 Å². The monoisotopic (exact) mass is 242 g/mol. The second-order valence-electron chi connectivity index (χ2n) is 3.86. The molecule has 0 aliphatic carbocycles. The number of carbonyl (C=O) groups is 1. The number of carbonyl (C=O) groups excluding carboxylic acids is 1. The molecule has 0 radical (unpaired) electrons. The third-order valence-electron chi connectivity index (χ3n) is 2.58. The van der Waals surface area contributed by atoms with E-state index in [9.17, 15) is 4.79 Å². The van der Waals surface area contributed by atoms with Gasteiger partial charge in [-0.15, -0.1) is 0 Å². The number of fused-ring (bicyclic) bond motifs is 1. The smallest absolute Gasteiger partial charge is 0.296 e. The first kappa shape index (κ1) is 11.4. The van der Waals surface area contributed by atoms with Gasteiger partial charge < -0.3 is 4.90 Å². The summed E-state index contributed by atoms with van der Waals surface area (Å²) in [5.74, 6) is -0.377. The van der Waals surface area contributed by atoms with Gasteiger partial charge in [0.2, 0.25) is 0 Å². The van der Waals surface area contributed by atoms with Crippen LogP contribution in [-0.4, -0.2) is 34.2 Å². The summed E-state index contributed by atoms with van der Waals surface area (Å²) >= 11 is 3.46. The van der Waals surface area contributed by atoms with Crippen molar-refractivity contribution in [1.82, 2.24) is 20.2 Å². The van der Waals surface area contributed by atoms with Crippen LogP contribution < -0.4 is 5.48 Å². The third kappa shape index (κ3) is 2.37. The van der Waals surface area contributed by atoms with Gasteiger partial charge in [-0.2, -0.15) is 5.10 Å². The van der Waals surface area contributed by atoms with Crippen molar-refractivity contribution < 1.29 is 9.08 Å². The molecule has 2 heterocycles. The van der Waals surface area contributed by atoms with Crippen LogP contribution in [-0.2, 0) is 17.4 Å². The summed E-state index contributed by atoms with van der Waals surface area (Å²) in [6, 6.07) is 1.78. The van der Waals surface area contributed by atoms with Gasteiger partial charge in [-0.1, -0.05) is 0 Å². The number of aryl methyl sites for hydroxylation is 1. The fourth-order valence-electron chi connectivity index (χ4n) is 1.83. The maximum absolute atomic E-state index is 11.5. The van der Waals surface area contributed by atoms with Crippen molar-refractivity contribution in [2.24, 2.45) is 0 Å². The second kappa shape index (κ2) is 4.86. The zero-order valence-electron chi connectivity index (χ0n) is 9.01. The fourth-order valence-corrected chi connectivity index (χ4v) is 1.91. The average Bonchev–Trinajstić information content (AvgIpc) is 2.54. The summed E-state index contributed by atoms with van der Waals surface area (Å²) in [4.78, 5) is 13.7. The van der Waals surface area contributed by atoms with Crippen LogP contribution in [0.25, 0.3) is 0 Å². The molecule has 0 aromatic carbocycles. The van der Waals surface area contributed by atoms with E-state index in [1.54, 1.807) is 6.07 Å². The molecule has 6 nitrogen and oxygen atoms in total. The lowest BCUT2D eigenvalue weighted by Crippen LogP contribution is -2.21. The summed E-state index contributed by atoms with van der Waals surface area (Å²) < 4.78 is 6.14. The fraction of sp³-hybridized carbons (Fsp3) is 0.556. The van der Waals surface area contributed by atoms with Crippen LogP contribution in [0.4, 0.5) is 0 Å². The molecule has 1 aromatic heterocycles. The van der Waals surface area contributed by atoms with Crippen molar-refractivity contribution in [3.05, 3.63) is 17.5 Å². The Hall–Kier alpha value is -1.05. The van der Waals surface area contributed by atoms with E-state index < -0.39 is 0 Å². The molecule has 0 saturated heterocycles. The zero-order valence-corrected chi connectivity index (χ0v) is 9.91. The van der Waals surface area contributed by atoms with E-state index in [1.807, 2.05) is 4.68 Å². The van der Waals surface area contributed by atoms with Crippen molar-refractivity contribution >= 4 is 18.8 Å². The third-order valence-corrected chi connectivity index (χ3v) is 2.67. The molecular formula is C9H14N4O2S. The number of hydrogen-bond acceptors (Lipinski definition) is 5. The van der Waals surface area contributed by atoms with E-state index in [0.29, 0.717) is 5.69 Å². The quantitative estimate of drug-likeness (QED) is 0.442. The Morgan fingerprint density at radius 1 is 1.62 bits per heavy atom. The largest absolute Gasteiger partial charge is 0.300 e. The van der Waals surface area contributed by atoms with Gasteiger partial charge in [0.25, 0.3) is 5.91 Å². The molecule has 0 bridgehead atoms. The average molecular weight is 242 g/mol. The van der Waals surface area contributed by atoms with Crippen molar-refractivity contribution in [1.29, 1.82) is 0 Å². The Morgan fingerprint density at radius 3 is 3.19 bits per heavy atom. The van der Waals surface area contributed by atoms with Crippen LogP contribution in [0.2, 0.25) is 0 Å². The number of rotatable bonds is 2. The predicted molar refractivity (Wildman–Crippen MR) is 60.7 cm³/mol. The first-order valence-corrected chi connectivity index (χ1v) is 5.43. The lowest BCUT2D eigenvalue weighted by Gasteiger charge is -2.10. The SMILES string of the molecule is CN1CCCn2nc(C(=O)NOS)cc2C1. The molecule has 1 aliphatic heterocycles. The van der Waals surface area contributed by atoms with E-state index in [4.69, 9.17) is 0 Å². The van der Waals surface area contributed by atoms with Gasteiger partial charge in [-0.25, -0.2) is 9.76 Å². The lowest BCUT2D eigenvalue weighted by molar-refractivity contribution is 0.0796. The molecule has 1 aliphatic rings. The maximum atomic E-state index is 11.5. The highest BCUT2D eigenvalue weighted by Gasteiger charge is 2.17. The number of nitrogens with one attached hydrogen (secondary N) is 1. The summed E-state index contributed by atoms with van der Waals surface area (Å²) in [7, 11) is 2.05. The van der Waals surface area contributed by atoms with Crippen LogP contribution in [0, 0.1) is 0 Å². The first-order chi connectivity index (χ1) is 7.70. The van der Waals surface area contributed by atoms with E-state index >= 15 is 0 Å². The molecule has 7 heteroatoms. The van der Waals surface area contributed by atoms with Crippen LogP contribution in [0.5, 0.6) is 0 Å². The molecule has 0 unspecified atom stereocenters. The summed E-state index contributed by atoms with van der Waals surface area (Å²) in [6.07, 6.45) is 1.04. The second-order valence-corrected chi connectivity index (χ2v) is 4.04. The number of hydroxylamine groups is 1.